The third-order valence-electron chi connectivity index (χ3n) is 3.89. The van der Waals surface area contributed by atoms with Gasteiger partial charge in [0.05, 0.1) is 9.40 Å². The summed E-state index contributed by atoms with van der Waals surface area (Å²) in [4.78, 5) is 13.1. The Morgan fingerprint density at radius 3 is 2.95 bits per heavy atom. The van der Waals surface area contributed by atoms with E-state index in [1.165, 1.54) is 12.8 Å². The molecule has 1 aromatic rings. The van der Waals surface area contributed by atoms with Crippen LogP contribution in [-0.4, -0.2) is 35.5 Å². The highest BCUT2D eigenvalue weighted by atomic mass is 79.9. The molecular formula is C15H22BrN3O2. The fourth-order valence-corrected chi connectivity index (χ4v) is 3.25. The maximum atomic E-state index is 11.0. The minimum atomic E-state index is -0.333. The lowest BCUT2D eigenvalue weighted by Crippen LogP contribution is -2.45. The number of hydrogen-bond acceptors (Lipinski definition) is 4. The van der Waals surface area contributed by atoms with E-state index in [2.05, 4.69) is 33.1 Å². The topological polar surface area (TPSA) is 58.4 Å². The zero-order valence-electron chi connectivity index (χ0n) is 12.3. The molecule has 1 aromatic carbocycles. The minimum Gasteiger partial charge on any atom is -0.315 e. The van der Waals surface area contributed by atoms with Gasteiger partial charge in [-0.05, 0) is 59.9 Å². The number of nitro groups is 1. The lowest BCUT2D eigenvalue weighted by molar-refractivity contribution is -0.385. The quantitative estimate of drug-likeness (QED) is 0.628. The summed E-state index contributed by atoms with van der Waals surface area (Å²) in [5.41, 5.74) is 1.15. The molecular weight excluding hydrogens is 334 g/mol. The van der Waals surface area contributed by atoms with Gasteiger partial charge in [-0.2, -0.15) is 0 Å². The Morgan fingerprint density at radius 2 is 2.33 bits per heavy atom. The fraction of sp³-hybridized carbons (Fsp3) is 0.600. The largest absolute Gasteiger partial charge is 0.315 e. The first-order valence-electron chi connectivity index (χ1n) is 7.49. The lowest BCUT2D eigenvalue weighted by atomic mass is 10.0. The summed E-state index contributed by atoms with van der Waals surface area (Å²) >= 11 is 3.24. The number of hydrogen-bond donors (Lipinski definition) is 1. The molecule has 1 fully saturated rings. The normalized spacial score (nSPS) is 18.9. The van der Waals surface area contributed by atoms with Crippen molar-refractivity contribution in [1.29, 1.82) is 0 Å². The molecule has 2 rings (SSSR count). The van der Waals surface area contributed by atoms with E-state index >= 15 is 0 Å². The van der Waals surface area contributed by atoms with Crippen LogP contribution in [0.4, 0.5) is 5.69 Å². The number of halogens is 1. The van der Waals surface area contributed by atoms with Crippen LogP contribution in [0.1, 0.15) is 31.7 Å². The van der Waals surface area contributed by atoms with Gasteiger partial charge in [-0.15, -0.1) is 0 Å². The smallest absolute Gasteiger partial charge is 0.283 e. The number of rotatable bonds is 6. The average molecular weight is 356 g/mol. The Morgan fingerprint density at radius 1 is 1.52 bits per heavy atom. The van der Waals surface area contributed by atoms with Crippen LogP contribution in [0.25, 0.3) is 0 Å². The van der Waals surface area contributed by atoms with Crippen molar-refractivity contribution in [3.05, 3.63) is 38.3 Å². The monoisotopic (exact) mass is 355 g/mol. The molecule has 1 saturated heterocycles. The molecule has 0 radical (unpaired) electrons. The maximum Gasteiger partial charge on any atom is 0.283 e. The van der Waals surface area contributed by atoms with Gasteiger partial charge in [0, 0.05) is 25.2 Å². The average Bonchev–Trinajstić information content (AvgIpc) is 2.49. The van der Waals surface area contributed by atoms with Gasteiger partial charge in [0.15, 0.2) is 0 Å². The third kappa shape index (κ3) is 4.49. The van der Waals surface area contributed by atoms with Crippen molar-refractivity contribution in [3.8, 4) is 0 Å². The molecule has 0 amide bonds. The number of nitrogens with one attached hydrogen (secondary N) is 1. The predicted molar refractivity (Wildman–Crippen MR) is 87.4 cm³/mol. The van der Waals surface area contributed by atoms with Gasteiger partial charge < -0.3 is 5.32 Å². The molecule has 1 N–H and O–H groups in total. The van der Waals surface area contributed by atoms with E-state index in [0.29, 0.717) is 10.5 Å². The van der Waals surface area contributed by atoms with Crippen molar-refractivity contribution in [3.63, 3.8) is 0 Å². The van der Waals surface area contributed by atoms with Crippen molar-refractivity contribution in [2.75, 3.05) is 19.6 Å². The first-order valence-corrected chi connectivity index (χ1v) is 8.28. The van der Waals surface area contributed by atoms with E-state index in [9.17, 15) is 10.1 Å². The second-order valence-corrected chi connectivity index (χ2v) is 6.37. The Kier molecular flexibility index (Phi) is 6.14. The molecule has 0 saturated carbocycles. The number of nitro benzene ring substituents is 1. The van der Waals surface area contributed by atoms with Crippen LogP contribution >= 0.6 is 15.9 Å². The zero-order chi connectivity index (χ0) is 15.2. The SMILES string of the molecule is CCCN(Cc1ccc(Br)c([N+](=O)[O-])c1)C1CCCNC1. The summed E-state index contributed by atoms with van der Waals surface area (Å²) in [7, 11) is 0. The standard InChI is InChI=1S/C15H22BrN3O2/c1-2-8-18(13-4-3-7-17-10-13)11-12-5-6-14(16)15(9-12)19(20)21/h5-6,9,13,17H,2-4,7-8,10-11H2,1H3. The Labute approximate surface area is 134 Å². The number of piperidine rings is 1. The highest BCUT2D eigenvalue weighted by Crippen LogP contribution is 2.26. The Balaban J connectivity index is 2.12. The van der Waals surface area contributed by atoms with E-state index in [-0.39, 0.29) is 10.6 Å². The van der Waals surface area contributed by atoms with Gasteiger partial charge in [0.25, 0.3) is 5.69 Å². The van der Waals surface area contributed by atoms with Gasteiger partial charge in [-0.3, -0.25) is 15.0 Å². The Bertz CT molecular complexity index is 490. The van der Waals surface area contributed by atoms with E-state index in [0.717, 1.165) is 38.2 Å². The van der Waals surface area contributed by atoms with Crippen LogP contribution in [0.2, 0.25) is 0 Å². The molecule has 0 spiro atoms. The van der Waals surface area contributed by atoms with Crippen LogP contribution < -0.4 is 5.32 Å². The summed E-state index contributed by atoms with van der Waals surface area (Å²) in [6.07, 6.45) is 3.49. The highest BCUT2D eigenvalue weighted by molar-refractivity contribution is 9.10. The lowest BCUT2D eigenvalue weighted by Gasteiger charge is -2.34. The van der Waals surface area contributed by atoms with E-state index in [1.54, 1.807) is 12.1 Å². The second kappa shape index (κ2) is 7.87. The minimum absolute atomic E-state index is 0.144. The summed E-state index contributed by atoms with van der Waals surface area (Å²) < 4.78 is 0.539. The van der Waals surface area contributed by atoms with Gasteiger partial charge in [0.1, 0.15) is 0 Å². The molecule has 21 heavy (non-hydrogen) atoms. The molecule has 116 valence electrons. The summed E-state index contributed by atoms with van der Waals surface area (Å²) in [6.45, 7) is 6.08. The molecule has 1 atom stereocenters. The molecule has 1 heterocycles. The van der Waals surface area contributed by atoms with Crippen LogP contribution in [-0.2, 0) is 6.54 Å². The van der Waals surface area contributed by atoms with E-state index < -0.39 is 0 Å². The van der Waals surface area contributed by atoms with Gasteiger partial charge in [0.2, 0.25) is 0 Å². The highest BCUT2D eigenvalue weighted by Gasteiger charge is 2.21. The molecule has 0 aromatic heterocycles. The van der Waals surface area contributed by atoms with Gasteiger partial charge in [-0.1, -0.05) is 13.0 Å². The number of benzene rings is 1. The third-order valence-corrected chi connectivity index (χ3v) is 4.56. The van der Waals surface area contributed by atoms with Gasteiger partial charge in [-0.25, -0.2) is 0 Å². The molecule has 6 heteroatoms. The zero-order valence-corrected chi connectivity index (χ0v) is 13.9. The maximum absolute atomic E-state index is 11.0. The second-order valence-electron chi connectivity index (χ2n) is 5.51. The van der Waals surface area contributed by atoms with Gasteiger partial charge >= 0.3 is 0 Å². The van der Waals surface area contributed by atoms with Crippen LogP contribution in [0.3, 0.4) is 0 Å². The van der Waals surface area contributed by atoms with Crippen LogP contribution in [0.15, 0.2) is 22.7 Å². The fourth-order valence-electron chi connectivity index (χ4n) is 2.85. The Hall–Kier alpha value is -0.980. The molecule has 1 unspecified atom stereocenters. The molecule has 1 aliphatic rings. The molecule has 5 nitrogen and oxygen atoms in total. The molecule has 1 aliphatic heterocycles. The van der Waals surface area contributed by atoms with E-state index in [1.807, 2.05) is 6.07 Å². The number of nitrogens with zero attached hydrogens (tertiary/aromatic N) is 2. The molecule has 0 aliphatic carbocycles. The van der Waals surface area contributed by atoms with Crippen molar-refractivity contribution in [2.45, 2.75) is 38.8 Å². The van der Waals surface area contributed by atoms with E-state index in [4.69, 9.17) is 0 Å². The van der Waals surface area contributed by atoms with Crippen LogP contribution in [0, 0.1) is 10.1 Å². The van der Waals surface area contributed by atoms with Crippen molar-refractivity contribution in [1.82, 2.24) is 10.2 Å². The molecule has 0 bridgehead atoms. The first kappa shape index (κ1) is 16.4. The first-order chi connectivity index (χ1) is 10.1. The summed E-state index contributed by atoms with van der Waals surface area (Å²) in [5, 5.41) is 14.5. The van der Waals surface area contributed by atoms with Crippen molar-refractivity contribution in [2.24, 2.45) is 0 Å². The summed E-state index contributed by atoms with van der Waals surface area (Å²) in [5.74, 6) is 0. The van der Waals surface area contributed by atoms with Crippen molar-refractivity contribution >= 4 is 21.6 Å². The predicted octanol–water partition coefficient (Wildman–Crippen LogP) is 3.32. The van der Waals surface area contributed by atoms with Crippen LogP contribution in [0.5, 0.6) is 0 Å². The summed E-state index contributed by atoms with van der Waals surface area (Å²) in [6, 6.07) is 5.96. The van der Waals surface area contributed by atoms with Crippen molar-refractivity contribution < 1.29 is 4.92 Å².